The van der Waals surface area contributed by atoms with Crippen molar-refractivity contribution >= 4 is 49.2 Å². The average Bonchev–Trinajstić information content (AvgIpc) is 2.93. The lowest BCUT2D eigenvalue weighted by molar-refractivity contribution is -0.120. The lowest BCUT2D eigenvalue weighted by Crippen LogP contribution is -2.48. The van der Waals surface area contributed by atoms with Gasteiger partial charge >= 0.3 is 0 Å². The van der Waals surface area contributed by atoms with Gasteiger partial charge in [0.1, 0.15) is 21.6 Å². The first kappa shape index (κ1) is 23.0. The van der Waals surface area contributed by atoms with Gasteiger partial charge in [-0.15, -0.1) is 0 Å². The van der Waals surface area contributed by atoms with Gasteiger partial charge in [-0.05, 0) is 43.7 Å². The second-order valence-corrected chi connectivity index (χ2v) is 10.2. The van der Waals surface area contributed by atoms with Crippen LogP contribution in [0.4, 0.5) is 5.69 Å². The van der Waals surface area contributed by atoms with E-state index >= 15 is 0 Å². The van der Waals surface area contributed by atoms with Crippen LogP contribution in [0, 0.1) is 0 Å². The van der Waals surface area contributed by atoms with Crippen molar-refractivity contribution < 1.29 is 27.5 Å². The molecular weight excluding hydrogens is 488 g/mol. The normalized spacial score (nSPS) is 14.4. The highest BCUT2D eigenvalue weighted by molar-refractivity contribution is 9.10. The molecule has 0 aromatic heterocycles. The van der Waals surface area contributed by atoms with E-state index in [0.29, 0.717) is 22.5 Å². The Morgan fingerprint density at radius 2 is 1.81 bits per heavy atom. The van der Waals surface area contributed by atoms with E-state index < -0.39 is 33.6 Å². The minimum Gasteiger partial charge on any atom is -0.492 e. The molecule has 3 amide bonds. The molecule has 0 fully saturated rings. The predicted molar refractivity (Wildman–Crippen MR) is 119 cm³/mol. The summed E-state index contributed by atoms with van der Waals surface area (Å²) in [6, 6.07) is 10.0. The summed E-state index contributed by atoms with van der Waals surface area (Å²) >= 11 is 3.27. The SMILES string of the molecule is CCOc1ccccc1NC(=O)[C@@H](CCS(C)(=O)=O)N1C(=O)c2ccc(Br)cc2C1=O. The lowest BCUT2D eigenvalue weighted by Gasteiger charge is -2.25. The Morgan fingerprint density at radius 1 is 1.13 bits per heavy atom. The van der Waals surface area contributed by atoms with Crippen molar-refractivity contribution in [2.24, 2.45) is 0 Å². The molecule has 0 saturated carbocycles. The number of carbonyl (C=O) groups is 3. The summed E-state index contributed by atoms with van der Waals surface area (Å²) in [6.45, 7) is 2.17. The molecule has 3 rings (SSSR count). The van der Waals surface area contributed by atoms with Crippen LogP contribution in [0.15, 0.2) is 46.9 Å². The highest BCUT2D eigenvalue weighted by Gasteiger charge is 2.43. The number of hydrogen-bond acceptors (Lipinski definition) is 6. The molecule has 1 aliphatic rings. The molecule has 8 nitrogen and oxygen atoms in total. The van der Waals surface area contributed by atoms with Crippen molar-refractivity contribution in [3.63, 3.8) is 0 Å². The summed E-state index contributed by atoms with van der Waals surface area (Å²) in [5, 5.41) is 2.67. The molecule has 31 heavy (non-hydrogen) atoms. The van der Waals surface area contributed by atoms with Crippen LogP contribution in [0.1, 0.15) is 34.1 Å². The van der Waals surface area contributed by atoms with Crippen molar-refractivity contribution in [3.8, 4) is 5.75 Å². The number of nitrogens with zero attached hydrogens (tertiary/aromatic N) is 1. The van der Waals surface area contributed by atoms with E-state index in [9.17, 15) is 22.8 Å². The Labute approximate surface area is 188 Å². The fourth-order valence-electron chi connectivity index (χ4n) is 3.29. The van der Waals surface area contributed by atoms with Crippen LogP contribution in [0.25, 0.3) is 0 Å². The van der Waals surface area contributed by atoms with E-state index in [-0.39, 0.29) is 23.3 Å². The second kappa shape index (κ2) is 9.19. The monoisotopic (exact) mass is 508 g/mol. The van der Waals surface area contributed by atoms with Gasteiger partial charge in [0.2, 0.25) is 5.91 Å². The number of fused-ring (bicyclic) bond motifs is 1. The number of anilines is 1. The Balaban J connectivity index is 1.95. The van der Waals surface area contributed by atoms with Gasteiger partial charge in [-0.2, -0.15) is 0 Å². The molecule has 0 spiro atoms. The van der Waals surface area contributed by atoms with Crippen LogP contribution in [-0.2, 0) is 14.6 Å². The largest absolute Gasteiger partial charge is 0.492 e. The molecule has 1 heterocycles. The molecule has 1 aliphatic heterocycles. The third-order valence-corrected chi connectivity index (χ3v) is 6.17. The molecule has 0 unspecified atom stereocenters. The topological polar surface area (TPSA) is 110 Å². The Bertz CT molecular complexity index is 1150. The van der Waals surface area contributed by atoms with Crippen LogP contribution in [0.5, 0.6) is 5.75 Å². The molecule has 0 radical (unpaired) electrons. The molecule has 0 aliphatic carbocycles. The van der Waals surface area contributed by atoms with E-state index in [1.54, 1.807) is 37.3 Å². The molecule has 2 aromatic rings. The number of para-hydroxylation sites is 2. The quantitative estimate of drug-likeness (QED) is 0.549. The molecule has 164 valence electrons. The van der Waals surface area contributed by atoms with Crippen molar-refractivity contribution in [2.45, 2.75) is 19.4 Å². The van der Waals surface area contributed by atoms with E-state index in [4.69, 9.17) is 4.74 Å². The van der Waals surface area contributed by atoms with E-state index in [1.807, 2.05) is 0 Å². The molecular formula is C21H21BrN2O6S. The summed E-state index contributed by atoms with van der Waals surface area (Å²) in [7, 11) is -3.44. The number of nitrogens with one attached hydrogen (secondary N) is 1. The Kier molecular flexibility index (Phi) is 6.80. The smallest absolute Gasteiger partial charge is 0.262 e. The first-order chi connectivity index (χ1) is 14.6. The first-order valence-corrected chi connectivity index (χ1v) is 12.4. The zero-order valence-electron chi connectivity index (χ0n) is 16.9. The number of ether oxygens (including phenoxy) is 1. The fourth-order valence-corrected chi connectivity index (χ4v) is 4.30. The number of rotatable bonds is 8. The second-order valence-electron chi connectivity index (χ2n) is 7.02. The third-order valence-electron chi connectivity index (χ3n) is 4.70. The van der Waals surface area contributed by atoms with Gasteiger partial charge in [0.05, 0.1) is 29.2 Å². The number of hydrogen-bond donors (Lipinski definition) is 1. The summed E-state index contributed by atoms with van der Waals surface area (Å²) in [6.07, 6.45) is 0.806. The Hall–Kier alpha value is -2.72. The van der Waals surface area contributed by atoms with Gasteiger partial charge in [0, 0.05) is 10.7 Å². The standard InChI is InChI=1S/C21H21BrN2O6S/c1-3-30-18-7-5-4-6-16(18)23-19(25)17(10-11-31(2,28)29)24-20(26)14-9-8-13(22)12-15(14)21(24)27/h4-9,12,17H,3,10-11H2,1-2H3,(H,23,25)/t17-/m1/s1. The van der Waals surface area contributed by atoms with Crippen molar-refractivity contribution in [1.82, 2.24) is 4.90 Å². The third kappa shape index (κ3) is 5.13. The first-order valence-electron chi connectivity index (χ1n) is 9.50. The predicted octanol–water partition coefficient (Wildman–Crippen LogP) is 2.89. The van der Waals surface area contributed by atoms with E-state index in [2.05, 4.69) is 21.2 Å². The maximum Gasteiger partial charge on any atom is 0.262 e. The minimum absolute atomic E-state index is 0.159. The number of sulfone groups is 1. The maximum absolute atomic E-state index is 13.2. The molecule has 10 heteroatoms. The van der Waals surface area contributed by atoms with Gasteiger partial charge < -0.3 is 10.1 Å². The van der Waals surface area contributed by atoms with Crippen LogP contribution in [-0.4, -0.2) is 55.7 Å². The fraction of sp³-hybridized carbons (Fsp3) is 0.286. The molecule has 1 atom stereocenters. The van der Waals surface area contributed by atoms with Gasteiger partial charge in [0.15, 0.2) is 0 Å². The van der Waals surface area contributed by atoms with Crippen LogP contribution >= 0.6 is 15.9 Å². The number of imide groups is 1. The maximum atomic E-state index is 13.2. The molecule has 0 saturated heterocycles. The van der Waals surface area contributed by atoms with Crippen molar-refractivity contribution in [2.75, 3.05) is 23.9 Å². The highest BCUT2D eigenvalue weighted by atomic mass is 79.9. The molecule has 1 N–H and O–H groups in total. The Morgan fingerprint density at radius 3 is 2.48 bits per heavy atom. The van der Waals surface area contributed by atoms with E-state index in [0.717, 1.165) is 11.2 Å². The van der Waals surface area contributed by atoms with Gasteiger partial charge in [-0.1, -0.05) is 28.1 Å². The van der Waals surface area contributed by atoms with Gasteiger partial charge in [-0.3, -0.25) is 19.3 Å². The number of amides is 3. The molecule has 2 aromatic carbocycles. The number of halogens is 1. The van der Waals surface area contributed by atoms with Crippen LogP contribution in [0.2, 0.25) is 0 Å². The molecule has 0 bridgehead atoms. The zero-order valence-corrected chi connectivity index (χ0v) is 19.3. The average molecular weight is 509 g/mol. The lowest BCUT2D eigenvalue weighted by atomic mass is 10.1. The highest BCUT2D eigenvalue weighted by Crippen LogP contribution is 2.30. The van der Waals surface area contributed by atoms with Gasteiger partial charge in [0.25, 0.3) is 11.8 Å². The summed E-state index contributed by atoms with van der Waals surface area (Å²) in [5.41, 5.74) is 0.685. The number of benzene rings is 2. The van der Waals surface area contributed by atoms with Crippen molar-refractivity contribution in [1.29, 1.82) is 0 Å². The van der Waals surface area contributed by atoms with E-state index in [1.165, 1.54) is 12.1 Å². The number of carbonyl (C=O) groups excluding carboxylic acids is 3. The van der Waals surface area contributed by atoms with Gasteiger partial charge in [-0.25, -0.2) is 8.42 Å². The summed E-state index contributed by atoms with van der Waals surface area (Å²) < 4.78 is 29.6. The van der Waals surface area contributed by atoms with Crippen LogP contribution in [0.3, 0.4) is 0 Å². The van der Waals surface area contributed by atoms with Crippen LogP contribution < -0.4 is 10.1 Å². The summed E-state index contributed by atoms with van der Waals surface area (Å²) in [4.78, 5) is 39.9. The minimum atomic E-state index is -3.44. The zero-order chi connectivity index (χ0) is 22.8. The van der Waals surface area contributed by atoms with Crippen molar-refractivity contribution in [3.05, 3.63) is 58.1 Å². The summed E-state index contributed by atoms with van der Waals surface area (Å²) in [5.74, 6) is -1.90.